The molecular formula is C9H16N2. The molecule has 0 fully saturated rings. The first kappa shape index (κ1) is 8.44. The van der Waals surface area contributed by atoms with Crippen LogP contribution in [0.15, 0.2) is 9.98 Å². The average molecular weight is 152 g/mol. The smallest absolute Gasteiger partial charge is 0.109 e. The number of nitrogens with zero attached hydrogens (tertiary/aromatic N) is 2. The van der Waals surface area contributed by atoms with Crippen molar-refractivity contribution in [3.8, 4) is 0 Å². The lowest BCUT2D eigenvalue weighted by Crippen LogP contribution is -2.18. The van der Waals surface area contributed by atoms with Crippen molar-refractivity contribution in [2.75, 3.05) is 6.54 Å². The fourth-order valence-electron chi connectivity index (χ4n) is 1.28. The van der Waals surface area contributed by atoms with Gasteiger partial charge in [0.2, 0.25) is 0 Å². The molecule has 0 aromatic carbocycles. The standard InChI is InChI=1S/C9H16N2/c1-4-8-5-9(2,3)6-10-7-11-8/h7H,4-6H2,1-3H3. The van der Waals surface area contributed by atoms with Crippen LogP contribution < -0.4 is 0 Å². The molecule has 0 radical (unpaired) electrons. The second kappa shape index (κ2) is 3.16. The Balaban J connectivity index is 2.71. The molecule has 62 valence electrons. The lowest BCUT2D eigenvalue weighted by molar-refractivity contribution is 0.399. The summed E-state index contributed by atoms with van der Waals surface area (Å²) in [5, 5.41) is 0. The van der Waals surface area contributed by atoms with Crippen LogP contribution in [-0.4, -0.2) is 18.6 Å². The molecule has 0 amide bonds. The molecule has 1 aliphatic heterocycles. The van der Waals surface area contributed by atoms with Gasteiger partial charge in [0.05, 0.1) is 0 Å². The topological polar surface area (TPSA) is 24.7 Å². The second-order valence-electron chi connectivity index (χ2n) is 3.85. The van der Waals surface area contributed by atoms with Gasteiger partial charge in [0.25, 0.3) is 0 Å². The minimum absolute atomic E-state index is 0.307. The van der Waals surface area contributed by atoms with E-state index in [1.807, 2.05) is 0 Å². The Morgan fingerprint density at radius 3 is 2.91 bits per heavy atom. The van der Waals surface area contributed by atoms with Gasteiger partial charge >= 0.3 is 0 Å². The predicted octanol–water partition coefficient (Wildman–Crippen LogP) is 2.30. The molecule has 0 atom stereocenters. The molecule has 0 aromatic rings. The van der Waals surface area contributed by atoms with Gasteiger partial charge in [-0.25, -0.2) is 4.99 Å². The second-order valence-corrected chi connectivity index (χ2v) is 3.85. The monoisotopic (exact) mass is 152 g/mol. The van der Waals surface area contributed by atoms with Crippen LogP contribution in [0.5, 0.6) is 0 Å². The maximum atomic E-state index is 4.26. The SMILES string of the molecule is CCC1=NC=NCC(C)(C)C1. The quantitative estimate of drug-likeness (QED) is 0.551. The van der Waals surface area contributed by atoms with Gasteiger partial charge in [0.15, 0.2) is 0 Å². The highest BCUT2D eigenvalue weighted by Gasteiger charge is 2.20. The summed E-state index contributed by atoms with van der Waals surface area (Å²) in [7, 11) is 0. The van der Waals surface area contributed by atoms with Crippen LogP contribution in [0, 0.1) is 5.41 Å². The minimum Gasteiger partial charge on any atom is -0.273 e. The number of aliphatic imine (C=N–C) groups is 2. The molecule has 2 heteroatoms. The number of rotatable bonds is 1. The predicted molar refractivity (Wildman–Crippen MR) is 49.5 cm³/mol. The molecule has 0 aromatic heterocycles. The minimum atomic E-state index is 0.307. The van der Waals surface area contributed by atoms with Crippen LogP contribution in [0.3, 0.4) is 0 Å². The molecule has 0 aliphatic carbocycles. The largest absolute Gasteiger partial charge is 0.273 e. The summed E-state index contributed by atoms with van der Waals surface area (Å²) in [4.78, 5) is 8.47. The molecule has 2 nitrogen and oxygen atoms in total. The molecule has 0 saturated heterocycles. The van der Waals surface area contributed by atoms with Crippen molar-refractivity contribution in [2.24, 2.45) is 15.4 Å². The van der Waals surface area contributed by atoms with Crippen molar-refractivity contribution in [1.29, 1.82) is 0 Å². The Labute approximate surface area is 68.4 Å². The molecule has 0 spiro atoms. The Morgan fingerprint density at radius 1 is 1.55 bits per heavy atom. The summed E-state index contributed by atoms with van der Waals surface area (Å²) < 4.78 is 0. The van der Waals surface area contributed by atoms with Crippen molar-refractivity contribution >= 4 is 12.1 Å². The molecule has 0 N–H and O–H groups in total. The van der Waals surface area contributed by atoms with Gasteiger partial charge in [0.1, 0.15) is 6.34 Å². The third-order valence-corrected chi connectivity index (χ3v) is 1.93. The highest BCUT2D eigenvalue weighted by Crippen LogP contribution is 2.23. The Hall–Kier alpha value is -0.660. The fraction of sp³-hybridized carbons (Fsp3) is 0.778. The molecule has 0 bridgehead atoms. The van der Waals surface area contributed by atoms with E-state index in [-0.39, 0.29) is 0 Å². The first-order valence-corrected chi connectivity index (χ1v) is 4.18. The van der Waals surface area contributed by atoms with E-state index in [1.165, 1.54) is 5.71 Å². The average Bonchev–Trinajstić information content (AvgIpc) is 2.10. The number of hydrogen-bond donors (Lipinski definition) is 0. The van der Waals surface area contributed by atoms with Crippen molar-refractivity contribution in [2.45, 2.75) is 33.6 Å². The van der Waals surface area contributed by atoms with E-state index in [0.29, 0.717) is 5.41 Å². The van der Waals surface area contributed by atoms with E-state index in [1.54, 1.807) is 6.34 Å². The van der Waals surface area contributed by atoms with Crippen molar-refractivity contribution < 1.29 is 0 Å². The summed E-state index contributed by atoms with van der Waals surface area (Å²) in [6.07, 6.45) is 3.84. The van der Waals surface area contributed by atoms with E-state index in [4.69, 9.17) is 0 Å². The van der Waals surface area contributed by atoms with Crippen LogP contribution in [0.25, 0.3) is 0 Å². The summed E-state index contributed by atoms with van der Waals surface area (Å²) in [6, 6.07) is 0. The van der Waals surface area contributed by atoms with E-state index >= 15 is 0 Å². The van der Waals surface area contributed by atoms with Gasteiger partial charge in [0, 0.05) is 12.3 Å². The Bertz CT molecular complexity index is 190. The lowest BCUT2D eigenvalue weighted by atomic mass is 9.87. The summed E-state index contributed by atoms with van der Waals surface area (Å²) in [6.45, 7) is 7.52. The molecular weight excluding hydrogens is 136 g/mol. The maximum Gasteiger partial charge on any atom is 0.109 e. The van der Waals surface area contributed by atoms with Crippen molar-refractivity contribution in [3.05, 3.63) is 0 Å². The van der Waals surface area contributed by atoms with Gasteiger partial charge in [-0.3, -0.25) is 4.99 Å². The van der Waals surface area contributed by atoms with Gasteiger partial charge in [-0.15, -0.1) is 0 Å². The molecule has 1 aliphatic rings. The highest BCUT2D eigenvalue weighted by molar-refractivity contribution is 5.91. The van der Waals surface area contributed by atoms with Crippen LogP contribution in [0.4, 0.5) is 0 Å². The molecule has 0 unspecified atom stereocenters. The maximum absolute atomic E-state index is 4.26. The van der Waals surface area contributed by atoms with E-state index in [0.717, 1.165) is 19.4 Å². The summed E-state index contributed by atoms with van der Waals surface area (Å²) in [5.74, 6) is 0. The summed E-state index contributed by atoms with van der Waals surface area (Å²) >= 11 is 0. The highest BCUT2D eigenvalue weighted by atomic mass is 14.9. The van der Waals surface area contributed by atoms with E-state index in [2.05, 4.69) is 30.8 Å². The lowest BCUT2D eigenvalue weighted by Gasteiger charge is -2.20. The molecule has 1 rings (SSSR count). The normalized spacial score (nSPS) is 22.6. The zero-order valence-corrected chi connectivity index (χ0v) is 7.59. The van der Waals surface area contributed by atoms with Gasteiger partial charge in [-0.2, -0.15) is 0 Å². The van der Waals surface area contributed by atoms with Crippen LogP contribution in [0.2, 0.25) is 0 Å². The third kappa shape index (κ3) is 2.45. The zero-order chi connectivity index (χ0) is 8.32. The van der Waals surface area contributed by atoms with E-state index in [9.17, 15) is 0 Å². The first-order chi connectivity index (χ1) is 5.14. The third-order valence-electron chi connectivity index (χ3n) is 1.93. The van der Waals surface area contributed by atoms with Gasteiger partial charge in [-0.05, 0) is 18.3 Å². The van der Waals surface area contributed by atoms with Crippen LogP contribution in [0.1, 0.15) is 33.6 Å². The Morgan fingerprint density at radius 2 is 2.27 bits per heavy atom. The number of hydrogen-bond acceptors (Lipinski definition) is 2. The summed E-state index contributed by atoms with van der Waals surface area (Å²) in [5.41, 5.74) is 1.58. The van der Waals surface area contributed by atoms with Crippen molar-refractivity contribution in [3.63, 3.8) is 0 Å². The molecule has 0 saturated carbocycles. The van der Waals surface area contributed by atoms with Crippen molar-refractivity contribution in [1.82, 2.24) is 0 Å². The van der Waals surface area contributed by atoms with Crippen LogP contribution in [-0.2, 0) is 0 Å². The zero-order valence-electron chi connectivity index (χ0n) is 7.59. The van der Waals surface area contributed by atoms with Gasteiger partial charge in [-0.1, -0.05) is 20.8 Å². The first-order valence-electron chi connectivity index (χ1n) is 4.18. The molecule has 1 heterocycles. The van der Waals surface area contributed by atoms with Crippen LogP contribution >= 0.6 is 0 Å². The molecule has 11 heavy (non-hydrogen) atoms. The van der Waals surface area contributed by atoms with E-state index < -0.39 is 0 Å². The Kier molecular flexibility index (Phi) is 2.42. The van der Waals surface area contributed by atoms with Gasteiger partial charge < -0.3 is 0 Å². The fourth-order valence-corrected chi connectivity index (χ4v) is 1.28.